The number of nitrogens with one attached hydrogen (secondary N) is 1. The van der Waals surface area contributed by atoms with E-state index in [1.165, 1.54) is 6.07 Å². The third-order valence-corrected chi connectivity index (χ3v) is 5.64. The van der Waals surface area contributed by atoms with E-state index >= 15 is 0 Å². The second kappa shape index (κ2) is 7.74. The Bertz CT molecular complexity index is 793. The first-order chi connectivity index (χ1) is 13.2. The Morgan fingerprint density at radius 2 is 2.15 bits per heavy atom. The molecular formula is C21H24FN3O2. The summed E-state index contributed by atoms with van der Waals surface area (Å²) in [6, 6.07) is 10.4. The predicted octanol–water partition coefficient (Wildman–Crippen LogP) is 2.63. The summed E-state index contributed by atoms with van der Waals surface area (Å²) in [5.41, 5.74) is 1.17. The largest absolute Gasteiger partial charge is 0.372 e. The van der Waals surface area contributed by atoms with Crippen molar-refractivity contribution in [1.82, 2.24) is 15.2 Å². The van der Waals surface area contributed by atoms with Gasteiger partial charge in [-0.05, 0) is 37.0 Å². The average molecular weight is 369 g/mol. The van der Waals surface area contributed by atoms with Gasteiger partial charge >= 0.3 is 0 Å². The van der Waals surface area contributed by atoms with E-state index in [1.54, 1.807) is 30.6 Å². The van der Waals surface area contributed by atoms with E-state index in [0.29, 0.717) is 24.6 Å². The highest BCUT2D eigenvalue weighted by Crippen LogP contribution is 2.42. The monoisotopic (exact) mass is 369 g/mol. The zero-order chi connectivity index (χ0) is 18.7. The molecule has 27 heavy (non-hydrogen) atoms. The lowest BCUT2D eigenvalue weighted by molar-refractivity contribution is -0.137. The molecule has 142 valence electrons. The van der Waals surface area contributed by atoms with Gasteiger partial charge in [0.2, 0.25) is 0 Å². The molecule has 0 unspecified atom stereocenters. The molecule has 6 heteroatoms. The summed E-state index contributed by atoms with van der Waals surface area (Å²) in [6.07, 6.45) is 5.12. The minimum absolute atomic E-state index is 0.0918. The molecular weight excluding hydrogens is 345 g/mol. The van der Waals surface area contributed by atoms with Crippen LogP contribution in [0.4, 0.5) is 4.39 Å². The molecule has 0 aliphatic carbocycles. The van der Waals surface area contributed by atoms with Gasteiger partial charge < -0.3 is 10.1 Å². The van der Waals surface area contributed by atoms with E-state index in [2.05, 4.69) is 15.2 Å². The van der Waals surface area contributed by atoms with Gasteiger partial charge in [-0.2, -0.15) is 0 Å². The van der Waals surface area contributed by atoms with Crippen LogP contribution in [0.15, 0.2) is 48.8 Å². The maximum absolute atomic E-state index is 13.8. The third-order valence-electron chi connectivity index (χ3n) is 5.64. The van der Waals surface area contributed by atoms with Crippen molar-refractivity contribution < 1.29 is 13.9 Å². The smallest absolute Gasteiger partial charge is 0.252 e. The lowest BCUT2D eigenvalue weighted by Gasteiger charge is -2.50. The predicted molar refractivity (Wildman–Crippen MR) is 99.7 cm³/mol. The van der Waals surface area contributed by atoms with Gasteiger partial charge in [0, 0.05) is 50.7 Å². The number of hydrogen-bond donors (Lipinski definition) is 1. The Kier molecular flexibility index (Phi) is 5.18. The second-order valence-corrected chi connectivity index (χ2v) is 7.42. The summed E-state index contributed by atoms with van der Waals surface area (Å²) in [5.74, 6) is 0.176. The van der Waals surface area contributed by atoms with Crippen LogP contribution in [-0.2, 0) is 11.3 Å². The van der Waals surface area contributed by atoms with Crippen LogP contribution < -0.4 is 5.32 Å². The molecule has 2 aliphatic rings. The number of nitrogens with zero attached hydrogens (tertiary/aromatic N) is 2. The number of halogens is 1. The summed E-state index contributed by atoms with van der Waals surface area (Å²) in [7, 11) is 0. The maximum atomic E-state index is 13.8. The van der Waals surface area contributed by atoms with Crippen molar-refractivity contribution >= 4 is 5.91 Å². The van der Waals surface area contributed by atoms with E-state index in [-0.39, 0.29) is 17.3 Å². The lowest BCUT2D eigenvalue weighted by atomic mass is 9.78. The van der Waals surface area contributed by atoms with Crippen LogP contribution in [0.5, 0.6) is 0 Å². The molecule has 1 aromatic carbocycles. The van der Waals surface area contributed by atoms with Crippen molar-refractivity contribution in [3.05, 3.63) is 65.7 Å². The molecule has 2 aromatic rings. The first-order valence-corrected chi connectivity index (χ1v) is 9.44. The molecule has 5 nitrogen and oxygen atoms in total. The minimum Gasteiger partial charge on any atom is -0.372 e. The highest BCUT2D eigenvalue weighted by atomic mass is 19.1. The van der Waals surface area contributed by atoms with Crippen LogP contribution in [0.25, 0.3) is 0 Å². The van der Waals surface area contributed by atoms with Crippen molar-refractivity contribution in [3.63, 3.8) is 0 Å². The van der Waals surface area contributed by atoms with Crippen molar-refractivity contribution in [2.75, 3.05) is 26.2 Å². The van der Waals surface area contributed by atoms with Crippen LogP contribution in [-0.4, -0.2) is 47.6 Å². The third kappa shape index (κ3) is 3.87. The molecule has 1 aromatic heterocycles. The number of likely N-dealkylation sites (tertiary alicyclic amines) is 1. The average Bonchev–Trinajstić information content (AvgIpc) is 3.08. The number of ether oxygens (including phenoxy) is 1. The summed E-state index contributed by atoms with van der Waals surface area (Å²) < 4.78 is 19.9. The molecule has 2 saturated heterocycles. The van der Waals surface area contributed by atoms with Crippen molar-refractivity contribution in [1.29, 1.82) is 0 Å². The SMILES string of the molecule is O=C(NCC[C@H]1CCOC12CN(Cc1ccccc1F)C2)c1cccnc1. The van der Waals surface area contributed by atoms with Crippen LogP contribution in [0.1, 0.15) is 28.8 Å². The van der Waals surface area contributed by atoms with Crippen molar-refractivity contribution in [3.8, 4) is 0 Å². The number of hydrogen-bond acceptors (Lipinski definition) is 4. The fraction of sp³-hybridized carbons (Fsp3) is 0.429. The highest BCUT2D eigenvalue weighted by Gasteiger charge is 2.52. The molecule has 1 amide bonds. The van der Waals surface area contributed by atoms with Crippen LogP contribution >= 0.6 is 0 Å². The molecule has 1 spiro atoms. The van der Waals surface area contributed by atoms with Gasteiger partial charge in [-0.1, -0.05) is 18.2 Å². The molecule has 2 aliphatic heterocycles. The fourth-order valence-corrected chi connectivity index (χ4v) is 4.19. The van der Waals surface area contributed by atoms with E-state index in [4.69, 9.17) is 4.74 Å². The zero-order valence-corrected chi connectivity index (χ0v) is 15.2. The fourth-order valence-electron chi connectivity index (χ4n) is 4.19. The number of benzene rings is 1. The normalized spacial score (nSPS) is 21.1. The van der Waals surface area contributed by atoms with Gasteiger partial charge in [-0.25, -0.2) is 4.39 Å². The highest BCUT2D eigenvalue weighted by molar-refractivity contribution is 5.93. The van der Waals surface area contributed by atoms with E-state index in [0.717, 1.165) is 38.1 Å². The van der Waals surface area contributed by atoms with Gasteiger partial charge in [0.25, 0.3) is 5.91 Å². The van der Waals surface area contributed by atoms with Crippen molar-refractivity contribution in [2.45, 2.75) is 25.0 Å². The Hall–Kier alpha value is -2.31. The summed E-state index contributed by atoms with van der Waals surface area (Å²) in [4.78, 5) is 18.3. The second-order valence-electron chi connectivity index (χ2n) is 7.42. The number of amides is 1. The number of pyridine rings is 1. The van der Waals surface area contributed by atoms with Gasteiger partial charge in [-0.3, -0.25) is 14.7 Å². The molecule has 0 bridgehead atoms. The molecule has 4 rings (SSSR count). The van der Waals surface area contributed by atoms with Gasteiger partial charge in [0.15, 0.2) is 0 Å². The molecule has 3 heterocycles. The molecule has 0 radical (unpaired) electrons. The van der Waals surface area contributed by atoms with E-state index in [9.17, 15) is 9.18 Å². The van der Waals surface area contributed by atoms with Crippen LogP contribution in [0.3, 0.4) is 0 Å². The molecule has 2 fully saturated rings. The van der Waals surface area contributed by atoms with Gasteiger partial charge in [-0.15, -0.1) is 0 Å². The van der Waals surface area contributed by atoms with Gasteiger partial charge in [0.1, 0.15) is 5.82 Å². The Balaban J connectivity index is 1.26. The van der Waals surface area contributed by atoms with Crippen LogP contribution in [0, 0.1) is 11.7 Å². The summed E-state index contributed by atoms with van der Waals surface area (Å²) >= 11 is 0. The molecule has 1 N–H and O–H groups in total. The number of carbonyl (C=O) groups is 1. The molecule has 1 atom stereocenters. The summed E-state index contributed by atoms with van der Waals surface area (Å²) in [5, 5.41) is 2.97. The molecule has 0 saturated carbocycles. The Morgan fingerprint density at radius 3 is 2.93 bits per heavy atom. The zero-order valence-electron chi connectivity index (χ0n) is 15.2. The van der Waals surface area contributed by atoms with E-state index in [1.807, 2.05) is 12.1 Å². The standard InChI is InChI=1S/C21H24FN3O2/c22-19-6-2-1-4-17(19)13-25-14-21(15-25)18(8-11-27-21)7-10-24-20(26)16-5-3-9-23-12-16/h1-6,9,12,18H,7-8,10-11,13-15H2,(H,24,26)/t18-/m0/s1. The Labute approximate surface area is 158 Å². The topological polar surface area (TPSA) is 54.5 Å². The van der Waals surface area contributed by atoms with Crippen LogP contribution in [0.2, 0.25) is 0 Å². The first kappa shape index (κ1) is 18.1. The quantitative estimate of drug-likeness (QED) is 0.851. The first-order valence-electron chi connectivity index (χ1n) is 9.44. The lowest BCUT2D eigenvalue weighted by Crippen LogP contribution is -2.64. The van der Waals surface area contributed by atoms with Gasteiger partial charge in [0.05, 0.1) is 11.2 Å². The number of rotatable bonds is 6. The Morgan fingerprint density at radius 1 is 1.30 bits per heavy atom. The number of carbonyl (C=O) groups excluding carboxylic acids is 1. The maximum Gasteiger partial charge on any atom is 0.252 e. The van der Waals surface area contributed by atoms with E-state index < -0.39 is 0 Å². The summed E-state index contributed by atoms with van der Waals surface area (Å²) in [6.45, 7) is 3.64. The minimum atomic E-state index is -0.152. The van der Waals surface area contributed by atoms with Crippen molar-refractivity contribution in [2.24, 2.45) is 5.92 Å². The number of aromatic nitrogens is 1.